The largest absolute Gasteiger partial charge is 0.465 e. The molecule has 0 rings (SSSR count). The summed E-state index contributed by atoms with van der Waals surface area (Å²) in [5.74, 6) is 1.75. The summed E-state index contributed by atoms with van der Waals surface area (Å²) in [7, 11) is 0. The monoisotopic (exact) mass is 384 g/mol. The highest BCUT2D eigenvalue weighted by Crippen LogP contribution is 2.20. The average molecular weight is 385 g/mol. The number of carbonyl (C=O) groups excluding carboxylic acids is 2. The van der Waals surface area contributed by atoms with Gasteiger partial charge >= 0.3 is 11.9 Å². The summed E-state index contributed by atoms with van der Waals surface area (Å²) in [6.45, 7) is 13.9. The maximum atomic E-state index is 11.9. The predicted octanol–water partition coefficient (Wildman–Crippen LogP) is 6.17. The molecule has 0 aromatic rings. The van der Waals surface area contributed by atoms with Gasteiger partial charge in [0.2, 0.25) is 0 Å². The molecule has 0 spiro atoms. The maximum absolute atomic E-state index is 11.9. The third kappa shape index (κ3) is 15.7. The standard InChI is InChI=1S/C23H44O4/c1-7-20(16-26-22(24)13-9-11-18(3)4)15-21(8-2)17-27-23(25)14-10-12-19(5)6/h18-21H,7-17H2,1-6H3. The second kappa shape index (κ2) is 15.9. The number of rotatable bonds is 16. The van der Waals surface area contributed by atoms with Gasteiger partial charge in [-0.2, -0.15) is 0 Å². The Kier molecular flexibility index (Phi) is 15.3. The summed E-state index contributed by atoms with van der Waals surface area (Å²) < 4.78 is 11.0. The van der Waals surface area contributed by atoms with Crippen LogP contribution >= 0.6 is 0 Å². The Bertz CT molecular complexity index is 354. The molecule has 0 aromatic carbocycles. The molecule has 0 aromatic heterocycles. The van der Waals surface area contributed by atoms with E-state index in [1.165, 1.54) is 0 Å². The van der Waals surface area contributed by atoms with Crippen molar-refractivity contribution in [2.45, 2.75) is 99.3 Å². The van der Waals surface area contributed by atoms with E-state index in [4.69, 9.17) is 9.47 Å². The Labute approximate surface area is 167 Å². The molecule has 0 bridgehead atoms. The number of hydrogen-bond acceptors (Lipinski definition) is 4. The minimum absolute atomic E-state index is 0.0845. The Hall–Kier alpha value is -1.06. The summed E-state index contributed by atoms with van der Waals surface area (Å²) in [6.07, 6.45) is 7.83. The molecule has 160 valence electrons. The first-order chi connectivity index (χ1) is 12.8. The molecule has 2 atom stereocenters. The van der Waals surface area contributed by atoms with Gasteiger partial charge in [0.05, 0.1) is 13.2 Å². The fourth-order valence-corrected chi connectivity index (χ4v) is 3.05. The predicted molar refractivity (Wildman–Crippen MR) is 111 cm³/mol. The molecule has 0 radical (unpaired) electrons. The average Bonchev–Trinajstić information content (AvgIpc) is 2.60. The van der Waals surface area contributed by atoms with Crippen molar-refractivity contribution in [3.05, 3.63) is 0 Å². The molecular weight excluding hydrogens is 340 g/mol. The zero-order chi connectivity index (χ0) is 20.7. The van der Waals surface area contributed by atoms with Crippen molar-refractivity contribution < 1.29 is 19.1 Å². The summed E-state index contributed by atoms with van der Waals surface area (Å²) in [6, 6.07) is 0. The normalized spacial score (nSPS) is 13.6. The van der Waals surface area contributed by atoms with Gasteiger partial charge in [0, 0.05) is 12.8 Å². The summed E-state index contributed by atoms with van der Waals surface area (Å²) in [5, 5.41) is 0. The smallest absolute Gasteiger partial charge is 0.305 e. The van der Waals surface area contributed by atoms with Crippen LogP contribution in [0.5, 0.6) is 0 Å². The molecule has 0 N–H and O–H groups in total. The highest BCUT2D eigenvalue weighted by molar-refractivity contribution is 5.69. The quantitative estimate of drug-likeness (QED) is 0.299. The van der Waals surface area contributed by atoms with E-state index in [1.54, 1.807) is 0 Å². The van der Waals surface area contributed by atoms with Gasteiger partial charge in [-0.05, 0) is 42.9 Å². The Balaban J connectivity index is 4.09. The minimum atomic E-state index is -0.0845. The SMILES string of the molecule is CCC(COC(=O)CCCC(C)C)CC(CC)COC(=O)CCCC(C)C. The van der Waals surface area contributed by atoms with Crippen LogP contribution in [0.15, 0.2) is 0 Å². The molecule has 2 unspecified atom stereocenters. The lowest BCUT2D eigenvalue weighted by Crippen LogP contribution is -2.20. The molecule has 0 saturated heterocycles. The molecule has 0 aliphatic carbocycles. The van der Waals surface area contributed by atoms with Gasteiger partial charge in [-0.3, -0.25) is 9.59 Å². The highest BCUT2D eigenvalue weighted by atomic mass is 16.5. The van der Waals surface area contributed by atoms with Gasteiger partial charge in [0.1, 0.15) is 0 Å². The Morgan fingerprint density at radius 1 is 0.704 bits per heavy atom. The van der Waals surface area contributed by atoms with E-state index in [2.05, 4.69) is 41.5 Å². The molecule has 4 heteroatoms. The lowest BCUT2D eigenvalue weighted by molar-refractivity contribution is -0.145. The first-order valence-corrected chi connectivity index (χ1v) is 11.1. The van der Waals surface area contributed by atoms with Crippen molar-refractivity contribution >= 4 is 11.9 Å². The highest BCUT2D eigenvalue weighted by Gasteiger charge is 2.18. The van der Waals surface area contributed by atoms with Crippen LogP contribution in [-0.2, 0) is 19.1 Å². The lowest BCUT2D eigenvalue weighted by Gasteiger charge is -2.21. The first-order valence-electron chi connectivity index (χ1n) is 11.1. The topological polar surface area (TPSA) is 52.6 Å². The summed E-state index contributed by atoms with van der Waals surface area (Å²) in [4.78, 5) is 23.7. The van der Waals surface area contributed by atoms with Crippen molar-refractivity contribution in [2.75, 3.05) is 13.2 Å². The molecule has 27 heavy (non-hydrogen) atoms. The molecule has 0 aliphatic heterocycles. The lowest BCUT2D eigenvalue weighted by atomic mass is 9.92. The van der Waals surface area contributed by atoms with E-state index in [0.717, 1.165) is 44.9 Å². The summed E-state index contributed by atoms with van der Waals surface area (Å²) >= 11 is 0. The van der Waals surface area contributed by atoms with E-state index >= 15 is 0 Å². The van der Waals surface area contributed by atoms with Crippen LogP contribution in [0.2, 0.25) is 0 Å². The van der Waals surface area contributed by atoms with Gasteiger partial charge in [0.25, 0.3) is 0 Å². The fourth-order valence-electron chi connectivity index (χ4n) is 3.05. The van der Waals surface area contributed by atoms with Crippen molar-refractivity contribution in [1.29, 1.82) is 0 Å². The Morgan fingerprint density at radius 2 is 1.07 bits per heavy atom. The third-order valence-electron chi connectivity index (χ3n) is 5.11. The molecular formula is C23H44O4. The van der Waals surface area contributed by atoms with Crippen LogP contribution in [0.3, 0.4) is 0 Å². The molecule has 0 heterocycles. The van der Waals surface area contributed by atoms with E-state index in [-0.39, 0.29) is 11.9 Å². The van der Waals surface area contributed by atoms with E-state index < -0.39 is 0 Å². The van der Waals surface area contributed by atoms with Crippen molar-refractivity contribution in [1.82, 2.24) is 0 Å². The van der Waals surface area contributed by atoms with Gasteiger partial charge in [0.15, 0.2) is 0 Å². The first kappa shape index (κ1) is 25.9. The molecule has 4 nitrogen and oxygen atoms in total. The number of hydrogen-bond donors (Lipinski definition) is 0. The van der Waals surface area contributed by atoms with Crippen LogP contribution in [-0.4, -0.2) is 25.2 Å². The zero-order valence-corrected chi connectivity index (χ0v) is 18.7. The maximum Gasteiger partial charge on any atom is 0.305 e. The van der Waals surface area contributed by atoms with Gasteiger partial charge in [-0.25, -0.2) is 0 Å². The van der Waals surface area contributed by atoms with Crippen molar-refractivity contribution in [2.24, 2.45) is 23.7 Å². The third-order valence-corrected chi connectivity index (χ3v) is 5.11. The van der Waals surface area contributed by atoms with E-state index in [9.17, 15) is 9.59 Å². The van der Waals surface area contributed by atoms with Crippen LogP contribution in [0.4, 0.5) is 0 Å². The molecule has 0 fully saturated rings. The van der Waals surface area contributed by atoms with Crippen LogP contribution in [0, 0.1) is 23.7 Å². The van der Waals surface area contributed by atoms with Gasteiger partial charge in [-0.15, -0.1) is 0 Å². The number of esters is 2. The Morgan fingerprint density at radius 3 is 1.37 bits per heavy atom. The summed E-state index contributed by atoms with van der Waals surface area (Å²) in [5.41, 5.74) is 0. The van der Waals surface area contributed by atoms with Gasteiger partial charge in [-0.1, -0.05) is 67.2 Å². The van der Waals surface area contributed by atoms with E-state index in [0.29, 0.717) is 49.7 Å². The van der Waals surface area contributed by atoms with Crippen LogP contribution in [0.25, 0.3) is 0 Å². The van der Waals surface area contributed by atoms with Crippen molar-refractivity contribution in [3.8, 4) is 0 Å². The number of ether oxygens (including phenoxy) is 2. The molecule has 0 aliphatic rings. The second-order valence-electron chi connectivity index (χ2n) is 8.72. The van der Waals surface area contributed by atoms with Crippen LogP contribution in [0.1, 0.15) is 99.3 Å². The van der Waals surface area contributed by atoms with Gasteiger partial charge < -0.3 is 9.47 Å². The fraction of sp³-hybridized carbons (Fsp3) is 0.913. The second-order valence-corrected chi connectivity index (χ2v) is 8.72. The van der Waals surface area contributed by atoms with Crippen molar-refractivity contribution in [3.63, 3.8) is 0 Å². The molecule has 0 saturated carbocycles. The zero-order valence-electron chi connectivity index (χ0n) is 18.7. The van der Waals surface area contributed by atoms with E-state index in [1.807, 2.05) is 0 Å². The van der Waals surface area contributed by atoms with Crippen LogP contribution < -0.4 is 0 Å². The minimum Gasteiger partial charge on any atom is -0.465 e. The number of carbonyl (C=O) groups is 2. The molecule has 0 amide bonds.